The highest BCUT2D eigenvalue weighted by atomic mass is 32.2. The summed E-state index contributed by atoms with van der Waals surface area (Å²) in [5.41, 5.74) is 6.63. The van der Waals surface area contributed by atoms with Gasteiger partial charge in [-0.15, -0.1) is 5.10 Å². The Kier molecular flexibility index (Phi) is 3.22. The molecule has 2 aromatic heterocycles. The van der Waals surface area contributed by atoms with Crippen molar-refractivity contribution in [3.05, 3.63) is 17.5 Å². The first-order valence-electron chi connectivity index (χ1n) is 5.96. The van der Waals surface area contributed by atoms with Crippen molar-refractivity contribution in [3.8, 4) is 0 Å². The van der Waals surface area contributed by atoms with Crippen LogP contribution >= 0.6 is 11.8 Å². The van der Waals surface area contributed by atoms with Crippen molar-refractivity contribution < 1.29 is 5.21 Å². The van der Waals surface area contributed by atoms with E-state index in [1.807, 2.05) is 6.92 Å². The molecule has 3 rings (SSSR count). The van der Waals surface area contributed by atoms with Crippen molar-refractivity contribution >= 4 is 17.6 Å². The molecule has 0 aromatic carbocycles. The SMILES string of the molecule is Cc1cc(/C(N)=N/O)nc(Sc2nnnn2C2CC2)n1. The number of nitrogens with two attached hydrogens (primary N) is 1. The first kappa shape index (κ1) is 12.8. The molecule has 0 saturated heterocycles. The Hall–Kier alpha value is -2.23. The van der Waals surface area contributed by atoms with Crippen LogP contribution in [0.4, 0.5) is 0 Å². The Labute approximate surface area is 118 Å². The molecular weight excluding hydrogens is 280 g/mol. The largest absolute Gasteiger partial charge is 0.409 e. The van der Waals surface area contributed by atoms with Crippen LogP contribution in [0.2, 0.25) is 0 Å². The van der Waals surface area contributed by atoms with E-state index in [1.165, 1.54) is 11.8 Å². The van der Waals surface area contributed by atoms with Crippen molar-refractivity contribution in [1.29, 1.82) is 0 Å². The summed E-state index contributed by atoms with van der Waals surface area (Å²) in [5.74, 6) is -0.0564. The lowest BCUT2D eigenvalue weighted by Gasteiger charge is -2.04. The van der Waals surface area contributed by atoms with Crippen molar-refractivity contribution in [2.45, 2.75) is 36.1 Å². The molecule has 1 fully saturated rings. The molecule has 0 radical (unpaired) electrons. The van der Waals surface area contributed by atoms with Crippen LogP contribution in [0.3, 0.4) is 0 Å². The van der Waals surface area contributed by atoms with Gasteiger partial charge in [0.05, 0.1) is 6.04 Å². The molecule has 104 valence electrons. The fraction of sp³-hybridized carbons (Fsp3) is 0.400. The Bertz CT molecular complexity index is 665. The predicted octanol–water partition coefficient (Wildman–Crippen LogP) is 0.352. The highest BCUT2D eigenvalue weighted by Crippen LogP contribution is 2.37. The molecule has 1 aliphatic rings. The fourth-order valence-electron chi connectivity index (χ4n) is 1.65. The van der Waals surface area contributed by atoms with Gasteiger partial charge in [0.2, 0.25) is 5.16 Å². The Morgan fingerprint density at radius 1 is 1.50 bits per heavy atom. The minimum Gasteiger partial charge on any atom is -0.409 e. The summed E-state index contributed by atoms with van der Waals surface area (Å²) in [6.07, 6.45) is 2.17. The van der Waals surface area contributed by atoms with E-state index < -0.39 is 0 Å². The van der Waals surface area contributed by atoms with Crippen LogP contribution in [-0.2, 0) is 0 Å². The van der Waals surface area contributed by atoms with Crippen LogP contribution in [0.1, 0.15) is 30.3 Å². The number of nitrogens with zero attached hydrogens (tertiary/aromatic N) is 7. The number of oxime groups is 1. The summed E-state index contributed by atoms with van der Waals surface area (Å²) in [6, 6.07) is 2.02. The average Bonchev–Trinajstić information content (AvgIpc) is 3.18. The molecule has 1 aliphatic carbocycles. The quantitative estimate of drug-likeness (QED) is 0.271. The van der Waals surface area contributed by atoms with Crippen molar-refractivity contribution in [2.24, 2.45) is 10.9 Å². The second-order valence-electron chi connectivity index (χ2n) is 4.40. The lowest BCUT2D eigenvalue weighted by atomic mass is 10.3. The number of hydrogen-bond acceptors (Lipinski definition) is 8. The standard InChI is InChI=1S/C10H12N8OS/c1-5-4-7(8(11)15-19)13-9(12-5)20-10-14-16-17-18(10)6-2-3-6/h4,6,19H,2-3H2,1H3,(H2,11,15). The molecule has 0 spiro atoms. The first-order valence-corrected chi connectivity index (χ1v) is 6.78. The Morgan fingerprint density at radius 2 is 2.30 bits per heavy atom. The van der Waals surface area contributed by atoms with Crippen LogP contribution in [0.25, 0.3) is 0 Å². The monoisotopic (exact) mass is 292 g/mol. The topological polar surface area (TPSA) is 128 Å². The molecule has 0 amide bonds. The van der Waals surface area contributed by atoms with E-state index in [1.54, 1.807) is 10.7 Å². The van der Waals surface area contributed by atoms with E-state index in [-0.39, 0.29) is 5.84 Å². The highest BCUT2D eigenvalue weighted by molar-refractivity contribution is 7.99. The number of amidine groups is 1. The van der Waals surface area contributed by atoms with E-state index in [4.69, 9.17) is 10.9 Å². The molecule has 20 heavy (non-hydrogen) atoms. The normalized spacial score (nSPS) is 15.6. The van der Waals surface area contributed by atoms with E-state index in [2.05, 4.69) is 30.6 Å². The molecule has 2 heterocycles. The van der Waals surface area contributed by atoms with Crippen LogP contribution in [0.15, 0.2) is 21.5 Å². The zero-order valence-electron chi connectivity index (χ0n) is 10.6. The van der Waals surface area contributed by atoms with Gasteiger partial charge in [0.15, 0.2) is 11.0 Å². The second-order valence-corrected chi connectivity index (χ2v) is 5.34. The van der Waals surface area contributed by atoms with Gasteiger partial charge in [-0.3, -0.25) is 0 Å². The number of rotatable bonds is 4. The maximum Gasteiger partial charge on any atom is 0.217 e. The van der Waals surface area contributed by atoms with Gasteiger partial charge in [-0.2, -0.15) is 0 Å². The lowest BCUT2D eigenvalue weighted by Crippen LogP contribution is -2.16. The molecule has 9 nitrogen and oxygen atoms in total. The van der Waals surface area contributed by atoms with E-state index in [9.17, 15) is 0 Å². The van der Waals surface area contributed by atoms with Crippen molar-refractivity contribution in [1.82, 2.24) is 30.2 Å². The van der Waals surface area contributed by atoms with E-state index in [0.29, 0.717) is 22.0 Å². The molecule has 0 unspecified atom stereocenters. The van der Waals surface area contributed by atoms with Gasteiger partial charge in [-0.1, -0.05) is 5.16 Å². The molecule has 3 N–H and O–H groups in total. The third-order valence-electron chi connectivity index (χ3n) is 2.74. The van der Waals surface area contributed by atoms with E-state index in [0.717, 1.165) is 18.5 Å². The lowest BCUT2D eigenvalue weighted by molar-refractivity contribution is 0.318. The van der Waals surface area contributed by atoms with Gasteiger partial charge >= 0.3 is 0 Å². The van der Waals surface area contributed by atoms with E-state index >= 15 is 0 Å². The number of hydrogen-bond donors (Lipinski definition) is 2. The zero-order valence-corrected chi connectivity index (χ0v) is 11.4. The van der Waals surface area contributed by atoms with Gasteiger partial charge in [-0.05, 0) is 48.0 Å². The summed E-state index contributed by atoms with van der Waals surface area (Å²) in [5, 5.41) is 24.4. The van der Waals surface area contributed by atoms with Gasteiger partial charge in [0.25, 0.3) is 0 Å². The Balaban J connectivity index is 1.90. The second kappa shape index (κ2) is 5.04. The summed E-state index contributed by atoms with van der Waals surface area (Å²) >= 11 is 1.26. The number of aryl methyl sites for hydroxylation is 1. The molecule has 1 saturated carbocycles. The predicted molar refractivity (Wildman–Crippen MR) is 69.5 cm³/mol. The van der Waals surface area contributed by atoms with Crippen molar-refractivity contribution in [3.63, 3.8) is 0 Å². The van der Waals surface area contributed by atoms with Crippen LogP contribution < -0.4 is 5.73 Å². The smallest absolute Gasteiger partial charge is 0.217 e. The Morgan fingerprint density at radius 3 is 3.00 bits per heavy atom. The van der Waals surface area contributed by atoms with Crippen LogP contribution in [0.5, 0.6) is 0 Å². The first-order chi connectivity index (χ1) is 9.67. The van der Waals surface area contributed by atoms with Crippen molar-refractivity contribution in [2.75, 3.05) is 0 Å². The minimum atomic E-state index is -0.0564. The molecule has 0 bridgehead atoms. The zero-order chi connectivity index (χ0) is 14.1. The summed E-state index contributed by atoms with van der Waals surface area (Å²) in [7, 11) is 0. The highest BCUT2D eigenvalue weighted by Gasteiger charge is 2.28. The van der Waals surface area contributed by atoms with Gasteiger partial charge in [0.1, 0.15) is 5.69 Å². The maximum atomic E-state index is 8.71. The molecule has 0 atom stereocenters. The van der Waals surface area contributed by atoms with Gasteiger partial charge in [-0.25, -0.2) is 14.6 Å². The van der Waals surface area contributed by atoms with Crippen LogP contribution in [-0.4, -0.2) is 41.2 Å². The number of tetrazole rings is 1. The molecule has 2 aromatic rings. The minimum absolute atomic E-state index is 0.0564. The van der Waals surface area contributed by atoms with Gasteiger partial charge in [0, 0.05) is 5.69 Å². The third-order valence-corrected chi connectivity index (χ3v) is 3.56. The summed E-state index contributed by atoms with van der Waals surface area (Å²) in [4.78, 5) is 8.52. The maximum absolute atomic E-state index is 8.71. The summed E-state index contributed by atoms with van der Waals surface area (Å²) < 4.78 is 1.78. The molecule has 10 heteroatoms. The summed E-state index contributed by atoms with van der Waals surface area (Å²) in [6.45, 7) is 1.81. The van der Waals surface area contributed by atoms with Crippen LogP contribution in [0, 0.1) is 6.92 Å². The number of aromatic nitrogens is 6. The molecule has 0 aliphatic heterocycles. The molecular formula is C10H12N8OS. The average molecular weight is 292 g/mol. The van der Waals surface area contributed by atoms with Gasteiger partial charge < -0.3 is 10.9 Å². The fourth-order valence-corrected chi connectivity index (χ4v) is 2.51. The third kappa shape index (κ3) is 2.54.